The zero-order chi connectivity index (χ0) is 9.31. The van der Waals surface area contributed by atoms with Crippen LogP contribution in [-0.4, -0.2) is 11.3 Å². The monoisotopic (exact) mass is 257 g/mol. The van der Waals surface area contributed by atoms with E-state index in [1.807, 2.05) is 11.8 Å². The fourth-order valence-electron chi connectivity index (χ4n) is 1.24. The molecule has 13 heavy (non-hydrogen) atoms. The Morgan fingerprint density at radius 1 is 1.31 bits per heavy atom. The second-order valence-electron chi connectivity index (χ2n) is 3.44. The average Bonchev–Trinajstić information content (AvgIpc) is 2.90. The first-order valence-electron chi connectivity index (χ1n) is 4.39. The van der Waals surface area contributed by atoms with E-state index in [-0.39, 0.29) is 0 Å². The lowest BCUT2D eigenvalue weighted by molar-refractivity contribution is 0.900. The molecule has 2 rings (SSSR count). The van der Waals surface area contributed by atoms with E-state index in [1.165, 1.54) is 17.7 Å². The molecule has 0 amide bonds. The molecule has 1 aliphatic rings. The van der Waals surface area contributed by atoms with Gasteiger partial charge in [0.25, 0.3) is 0 Å². The van der Waals surface area contributed by atoms with Gasteiger partial charge in [0.15, 0.2) is 0 Å². The van der Waals surface area contributed by atoms with Crippen LogP contribution in [0.1, 0.15) is 12.8 Å². The number of rotatable bonds is 3. The van der Waals surface area contributed by atoms with Crippen molar-refractivity contribution in [3.05, 3.63) is 28.7 Å². The molecule has 0 heterocycles. The molecule has 0 bridgehead atoms. The maximum Gasteiger partial charge on any atom is 0.0330 e. The van der Waals surface area contributed by atoms with E-state index >= 15 is 0 Å². The second-order valence-corrected chi connectivity index (χ2v) is 5.90. The molecule has 70 valence electrons. The Morgan fingerprint density at radius 3 is 2.38 bits per heavy atom. The van der Waals surface area contributed by atoms with E-state index in [1.54, 1.807) is 0 Å². The predicted molar refractivity (Wildman–Crippen MR) is 61.0 cm³/mol. The lowest BCUT2D eigenvalue weighted by atomic mass is 10.4. The van der Waals surface area contributed by atoms with Crippen LogP contribution >= 0.6 is 27.7 Å². The Balaban J connectivity index is 2.06. The van der Waals surface area contributed by atoms with Crippen LogP contribution in [0, 0.1) is 0 Å². The topological polar surface area (TPSA) is 26.0 Å². The summed E-state index contributed by atoms with van der Waals surface area (Å²) in [6.45, 7) is 0.799. The third-order valence-corrected chi connectivity index (χ3v) is 4.37. The first-order valence-corrected chi connectivity index (χ1v) is 6.00. The van der Waals surface area contributed by atoms with Crippen LogP contribution in [0.2, 0.25) is 0 Å². The predicted octanol–water partition coefficient (Wildman–Crippen LogP) is 3.03. The Morgan fingerprint density at radius 2 is 1.92 bits per heavy atom. The molecule has 1 aromatic rings. The van der Waals surface area contributed by atoms with Crippen LogP contribution < -0.4 is 5.73 Å². The van der Waals surface area contributed by atoms with Crippen LogP contribution in [0.4, 0.5) is 0 Å². The van der Waals surface area contributed by atoms with Crippen LogP contribution in [0.5, 0.6) is 0 Å². The van der Waals surface area contributed by atoms with Crippen molar-refractivity contribution in [2.75, 3.05) is 6.54 Å². The van der Waals surface area contributed by atoms with E-state index in [0.29, 0.717) is 4.75 Å². The van der Waals surface area contributed by atoms with Crippen molar-refractivity contribution < 1.29 is 0 Å². The SMILES string of the molecule is NCC1(Sc2ccc(Br)cc2)CC1. The highest BCUT2D eigenvalue weighted by atomic mass is 79.9. The van der Waals surface area contributed by atoms with Gasteiger partial charge in [-0.25, -0.2) is 0 Å². The summed E-state index contributed by atoms with van der Waals surface area (Å²) in [5.41, 5.74) is 5.72. The van der Waals surface area contributed by atoms with Crippen molar-refractivity contribution in [3.63, 3.8) is 0 Å². The molecule has 0 spiro atoms. The van der Waals surface area contributed by atoms with Crippen molar-refractivity contribution in [1.29, 1.82) is 0 Å². The zero-order valence-corrected chi connectivity index (χ0v) is 9.70. The van der Waals surface area contributed by atoms with Crippen LogP contribution in [-0.2, 0) is 0 Å². The van der Waals surface area contributed by atoms with E-state index in [9.17, 15) is 0 Å². The number of hydrogen-bond donors (Lipinski definition) is 1. The zero-order valence-electron chi connectivity index (χ0n) is 7.29. The fourth-order valence-corrected chi connectivity index (χ4v) is 2.67. The summed E-state index contributed by atoms with van der Waals surface area (Å²) < 4.78 is 1.50. The van der Waals surface area contributed by atoms with E-state index in [0.717, 1.165) is 11.0 Å². The number of benzene rings is 1. The largest absolute Gasteiger partial charge is 0.329 e. The molecular formula is C10H12BrNS. The summed E-state index contributed by atoms with van der Waals surface area (Å²) in [7, 11) is 0. The van der Waals surface area contributed by atoms with Gasteiger partial charge in [-0.1, -0.05) is 15.9 Å². The summed E-state index contributed by atoms with van der Waals surface area (Å²) in [5.74, 6) is 0. The van der Waals surface area contributed by atoms with Crippen molar-refractivity contribution >= 4 is 27.7 Å². The third kappa shape index (κ3) is 2.27. The molecule has 1 aromatic carbocycles. The van der Waals surface area contributed by atoms with Gasteiger partial charge in [-0.3, -0.25) is 0 Å². The highest BCUT2D eigenvalue weighted by Gasteiger charge is 2.42. The third-order valence-electron chi connectivity index (χ3n) is 2.33. The van der Waals surface area contributed by atoms with Crippen molar-refractivity contribution in [2.45, 2.75) is 22.5 Å². The molecule has 1 aliphatic carbocycles. The van der Waals surface area contributed by atoms with E-state index < -0.39 is 0 Å². The Labute approximate surface area is 91.2 Å². The quantitative estimate of drug-likeness (QED) is 0.901. The molecule has 0 unspecified atom stereocenters. The molecule has 3 heteroatoms. The average molecular weight is 258 g/mol. The number of nitrogens with two attached hydrogens (primary N) is 1. The van der Waals surface area contributed by atoms with Gasteiger partial charge >= 0.3 is 0 Å². The Hall–Kier alpha value is 0.01000. The highest BCUT2D eigenvalue weighted by Crippen LogP contribution is 2.50. The minimum atomic E-state index is 0.369. The van der Waals surface area contributed by atoms with E-state index in [2.05, 4.69) is 40.2 Å². The summed E-state index contributed by atoms with van der Waals surface area (Å²) in [6, 6.07) is 8.44. The fraction of sp³-hybridized carbons (Fsp3) is 0.400. The normalized spacial score (nSPS) is 18.6. The molecule has 1 saturated carbocycles. The lowest BCUT2D eigenvalue weighted by Crippen LogP contribution is -2.17. The molecular weight excluding hydrogens is 246 g/mol. The Bertz CT molecular complexity index is 292. The lowest BCUT2D eigenvalue weighted by Gasteiger charge is -2.11. The summed E-state index contributed by atoms with van der Waals surface area (Å²) in [6.07, 6.45) is 2.54. The molecule has 0 radical (unpaired) electrons. The van der Waals surface area contributed by atoms with E-state index in [4.69, 9.17) is 5.73 Å². The van der Waals surface area contributed by atoms with Crippen LogP contribution in [0.3, 0.4) is 0 Å². The van der Waals surface area contributed by atoms with Gasteiger partial charge in [0.2, 0.25) is 0 Å². The molecule has 2 N–H and O–H groups in total. The van der Waals surface area contributed by atoms with Gasteiger partial charge in [-0.05, 0) is 37.1 Å². The number of halogens is 1. The maximum atomic E-state index is 5.72. The molecule has 0 aliphatic heterocycles. The molecule has 1 fully saturated rings. The number of thioether (sulfide) groups is 1. The minimum absolute atomic E-state index is 0.369. The molecule has 0 atom stereocenters. The van der Waals surface area contributed by atoms with Gasteiger partial charge < -0.3 is 5.73 Å². The first-order chi connectivity index (χ1) is 6.24. The molecule has 0 saturated heterocycles. The molecule has 0 aromatic heterocycles. The number of hydrogen-bond acceptors (Lipinski definition) is 2. The van der Waals surface area contributed by atoms with Crippen LogP contribution in [0.15, 0.2) is 33.6 Å². The van der Waals surface area contributed by atoms with Crippen LogP contribution in [0.25, 0.3) is 0 Å². The maximum absolute atomic E-state index is 5.72. The Kier molecular flexibility index (Phi) is 2.67. The van der Waals surface area contributed by atoms with Gasteiger partial charge in [0.1, 0.15) is 0 Å². The van der Waals surface area contributed by atoms with Gasteiger partial charge in [0, 0.05) is 20.7 Å². The highest BCUT2D eigenvalue weighted by molar-refractivity contribution is 9.10. The van der Waals surface area contributed by atoms with Gasteiger partial charge in [-0.15, -0.1) is 11.8 Å². The summed E-state index contributed by atoms with van der Waals surface area (Å²) >= 11 is 5.34. The summed E-state index contributed by atoms with van der Waals surface area (Å²) in [5, 5.41) is 0. The molecule has 1 nitrogen and oxygen atoms in total. The first kappa shape index (κ1) is 9.56. The van der Waals surface area contributed by atoms with Gasteiger partial charge in [0.05, 0.1) is 0 Å². The van der Waals surface area contributed by atoms with Crippen molar-refractivity contribution in [1.82, 2.24) is 0 Å². The second kappa shape index (κ2) is 3.64. The standard InChI is InChI=1S/C10H12BrNS/c11-8-1-3-9(4-2-8)13-10(7-12)5-6-10/h1-4H,5-7,12H2. The van der Waals surface area contributed by atoms with Crippen molar-refractivity contribution in [3.8, 4) is 0 Å². The minimum Gasteiger partial charge on any atom is -0.329 e. The van der Waals surface area contributed by atoms with Crippen molar-refractivity contribution in [2.24, 2.45) is 5.73 Å². The smallest absolute Gasteiger partial charge is 0.0330 e. The van der Waals surface area contributed by atoms with Gasteiger partial charge in [-0.2, -0.15) is 0 Å². The summed E-state index contributed by atoms with van der Waals surface area (Å²) in [4.78, 5) is 1.33.